The quantitative estimate of drug-likeness (QED) is 0.857. The summed E-state index contributed by atoms with van der Waals surface area (Å²) in [6.07, 6.45) is 6.20. The molecule has 1 aliphatic carbocycles. The SMILES string of the molecule is CCC1CCN(Cc2nnnn2C2CC2)C(CN)C1. The van der Waals surface area contributed by atoms with Gasteiger partial charge in [-0.3, -0.25) is 4.90 Å². The van der Waals surface area contributed by atoms with Crippen molar-refractivity contribution in [2.75, 3.05) is 13.1 Å². The third-order valence-electron chi connectivity index (χ3n) is 4.59. The Morgan fingerprint density at radius 3 is 2.84 bits per heavy atom. The Labute approximate surface area is 114 Å². The Morgan fingerprint density at radius 2 is 2.16 bits per heavy atom. The highest BCUT2D eigenvalue weighted by atomic mass is 15.6. The number of likely N-dealkylation sites (tertiary alicyclic amines) is 1. The molecule has 2 N–H and O–H groups in total. The van der Waals surface area contributed by atoms with Crippen LogP contribution in [-0.4, -0.2) is 44.2 Å². The third kappa shape index (κ3) is 2.79. The van der Waals surface area contributed by atoms with E-state index in [9.17, 15) is 0 Å². The van der Waals surface area contributed by atoms with E-state index in [1.165, 1.54) is 32.1 Å². The van der Waals surface area contributed by atoms with Crippen LogP contribution in [0.5, 0.6) is 0 Å². The van der Waals surface area contributed by atoms with Crippen LogP contribution in [0.25, 0.3) is 0 Å². The molecule has 0 radical (unpaired) electrons. The van der Waals surface area contributed by atoms with E-state index >= 15 is 0 Å². The van der Waals surface area contributed by atoms with Crippen molar-refractivity contribution in [3.63, 3.8) is 0 Å². The standard InChI is InChI=1S/C13H24N6/c1-2-10-5-6-18(12(7-10)8-14)9-13-15-16-17-19(13)11-3-4-11/h10-12H,2-9,14H2,1H3. The summed E-state index contributed by atoms with van der Waals surface area (Å²) in [5.41, 5.74) is 5.95. The highest BCUT2D eigenvalue weighted by Crippen LogP contribution is 2.35. The van der Waals surface area contributed by atoms with Crippen LogP contribution in [0, 0.1) is 5.92 Å². The monoisotopic (exact) mass is 264 g/mol. The Morgan fingerprint density at radius 1 is 1.32 bits per heavy atom. The first-order valence-electron chi connectivity index (χ1n) is 7.52. The van der Waals surface area contributed by atoms with Gasteiger partial charge in [0, 0.05) is 12.6 Å². The summed E-state index contributed by atoms with van der Waals surface area (Å²) in [5.74, 6) is 1.85. The Balaban J connectivity index is 1.66. The van der Waals surface area contributed by atoms with Crippen LogP contribution in [-0.2, 0) is 6.54 Å². The normalized spacial score (nSPS) is 28.7. The number of hydrogen-bond acceptors (Lipinski definition) is 5. The van der Waals surface area contributed by atoms with Crippen molar-refractivity contribution in [2.24, 2.45) is 11.7 Å². The van der Waals surface area contributed by atoms with E-state index < -0.39 is 0 Å². The number of nitrogens with zero attached hydrogens (tertiary/aromatic N) is 5. The fraction of sp³-hybridized carbons (Fsp3) is 0.923. The molecule has 2 aliphatic rings. The molecule has 2 fully saturated rings. The average molecular weight is 264 g/mol. The maximum atomic E-state index is 5.95. The van der Waals surface area contributed by atoms with Crippen LogP contribution in [0.2, 0.25) is 0 Å². The molecule has 1 aliphatic heterocycles. The van der Waals surface area contributed by atoms with Gasteiger partial charge in [0.1, 0.15) is 0 Å². The highest BCUT2D eigenvalue weighted by Gasteiger charge is 2.31. The molecule has 106 valence electrons. The number of piperidine rings is 1. The molecule has 3 rings (SSSR count). The molecule has 6 nitrogen and oxygen atoms in total. The van der Waals surface area contributed by atoms with E-state index in [2.05, 4.69) is 27.3 Å². The van der Waals surface area contributed by atoms with Gasteiger partial charge in [-0.25, -0.2) is 4.68 Å². The summed E-state index contributed by atoms with van der Waals surface area (Å²) in [5, 5.41) is 12.2. The number of nitrogens with two attached hydrogens (primary N) is 1. The second-order valence-corrected chi connectivity index (χ2v) is 5.93. The molecule has 19 heavy (non-hydrogen) atoms. The maximum absolute atomic E-state index is 5.95. The van der Waals surface area contributed by atoms with Gasteiger partial charge in [-0.2, -0.15) is 0 Å². The molecule has 1 saturated heterocycles. The number of hydrogen-bond donors (Lipinski definition) is 1. The average Bonchev–Trinajstić information content (AvgIpc) is 3.19. The van der Waals surface area contributed by atoms with Crippen molar-refractivity contribution >= 4 is 0 Å². The molecule has 0 aromatic carbocycles. The van der Waals surface area contributed by atoms with Crippen molar-refractivity contribution in [3.8, 4) is 0 Å². The first-order chi connectivity index (χ1) is 9.31. The van der Waals surface area contributed by atoms with Crippen LogP contribution in [0.15, 0.2) is 0 Å². The highest BCUT2D eigenvalue weighted by molar-refractivity contribution is 4.93. The van der Waals surface area contributed by atoms with E-state index in [1.807, 2.05) is 4.68 Å². The molecule has 2 heterocycles. The zero-order valence-electron chi connectivity index (χ0n) is 11.7. The van der Waals surface area contributed by atoms with Crippen LogP contribution in [0.4, 0.5) is 0 Å². The smallest absolute Gasteiger partial charge is 0.165 e. The first-order valence-corrected chi connectivity index (χ1v) is 7.52. The Kier molecular flexibility index (Phi) is 3.79. The van der Waals surface area contributed by atoms with Crippen molar-refractivity contribution in [2.45, 2.75) is 57.7 Å². The molecular weight excluding hydrogens is 240 g/mol. The zero-order valence-corrected chi connectivity index (χ0v) is 11.7. The molecule has 2 atom stereocenters. The summed E-state index contributed by atoms with van der Waals surface area (Å²) >= 11 is 0. The van der Waals surface area contributed by atoms with Gasteiger partial charge in [-0.1, -0.05) is 13.3 Å². The van der Waals surface area contributed by atoms with Crippen LogP contribution in [0.3, 0.4) is 0 Å². The van der Waals surface area contributed by atoms with E-state index in [-0.39, 0.29) is 0 Å². The molecule has 6 heteroatoms. The van der Waals surface area contributed by atoms with Crippen molar-refractivity contribution in [3.05, 3.63) is 5.82 Å². The molecule has 0 amide bonds. The van der Waals surface area contributed by atoms with Crippen LogP contribution in [0.1, 0.15) is 50.9 Å². The fourth-order valence-electron chi connectivity index (χ4n) is 3.11. The van der Waals surface area contributed by atoms with Gasteiger partial charge >= 0.3 is 0 Å². The van der Waals surface area contributed by atoms with Gasteiger partial charge in [0.2, 0.25) is 0 Å². The summed E-state index contributed by atoms with van der Waals surface area (Å²) in [7, 11) is 0. The minimum Gasteiger partial charge on any atom is -0.329 e. The minimum absolute atomic E-state index is 0.489. The molecule has 0 bridgehead atoms. The Hall–Kier alpha value is -1.01. The van der Waals surface area contributed by atoms with E-state index in [0.717, 1.165) is 31.4 Å². The minimum atomic E-state index is 0.489. The van der Waals surface area contributed by atoms with Gasteiger partial charge in [0.05, 0.1) is 12.6 Å². The largest absolute Gasteiger partial charge is 0.329 e. The lowest BCUT2D eigenvalue weighted by Crippen LogP contribution is -2.46. The molecule has 0 spiro atoms. The van der Waals surface area contributed by atoms with Crippen molar-refractivity contribution in [1.29, 1.82) is 0 Å². The van der Waals surface area contributed by atoms with Crippen molar-refractivity contribution < 1.29 is 0 Å². The van der Waals surface area contributed by atoms with Gasteiger partial charge < -0.3 is 5.73 Å². The summed E-state index contributed by atoms with van der Waals surface area (Å²) in [6.45, 7) is 4.99. The first kappa shape index (κ1) is 13.0. The molecular formula is C13H24N6. The van der Waals surface area contributed by atoms with E-state index in [0.29, 0.717) is 12.1 Å². The Bertz CT molecular complexity index is 413. The summed E-state index contributed by atoms with van der Waals surface area (Å²) < 4.78 is 2.01. The number of rotatable bonds is 5. The summed E-state index contributed by atoms with van der Waals surface area (Å²) in [4.78, 5) is 2.47. The maximum Gasteiger partial charge on any atom is 0.165 e. The van der Waals surface area contributed by atoms with Gasteiger partial charge in [0.15, 0.2) is 5.82 Å². The summed E-state index contributed by atoms with van der Waals surface area (Å²) in [6, 6.07) is 1.04. The molecule has 1 aromatic heterocycles. The fourth-order valence-corrected chi connectivity index (χ4v) is 3.11. The van der Waals surface area contributed by atoms with Crippen LogP contribution < -0.4 is 5.73 Å². The van der Waals surface area contributed by atoms with Crippen LogP contribution >= 0.6 is 0 Å². The van der Waals surface area contributed by atoms with Gasteiger partial charge in [-0.05, 0) is 48.6 Å². The van der Waals surface area contributed by atoms with E-state index in [4.69, 9.17) is 5.73 Å². The third-order valence-corrected chi connectivity index (χ3v) is 4.59. The molecule has 2 unspecified atom stereocenters. The lowest BCUT2D eigenvalue weighted by atomic mass is 9.89. The predicted molar refractivity (Wildman–Crippen MR) is 72.4 cm³/mol. The van der Waals surface area contributed by atoms with Gasteiger partial charge in [0.25, 0.3) is 0 Å². The number of tetrazole rings is 1. The predicted octanol–water partition coefficient (Wildman–Crippen LogP) is 0.957. The van der Waals surface area contributed by atoms with E-state index in [1.54, 1.807) is 0 Å². The zero-order chi connectivity index (χ0) is 13.2. The molecule has 1 saturated carbocycles. The lowest BCUT2D eigenvalue weighted by molar-refractivity contribution is 0.103. The topological polar surface area (TPSA) is 72.9 Å². The van der Waals surface area contributed by atoms with Gasteiger partial charge in [-0.15, -0.1) is 5.10 Å². The lowest BCUT2D eigenvalue weighted by Gasteiger charge is -2.38. The second kappa shape index (κ2) is 5.54. The second-order valence-electron chi connectivity index (χ2n) is 5.93. The number of aromatic nitrogens is 4. The van der Waals surface area contributed by atoms with Crippen molar-refractivity contribution in [1.82, 2.24) is 25.1 Å². The molecule has 1 aromatic rings.